The molecule has 0 aromatic carbocycles. The van der Waals surface area contributed by atoms with E-state index in [9.17, 15) is 0 Å². The summed E-state index contributed by atoms with van der Waals surface area (Å²) in [6.45, 7) is 7.65. The summed E-state index contributed by atoms with van der Waals surface area (Å²) in [6, 6.07) is 0. The lowest BCUT2D eigenvalue weighted by atomic mass is 10.3. The van der Waals surface area contributed by atoms with E-state index in [1.807, 2.05) is 39.8 Å². The van der Waals surface area contributed by atoms with Crippen molar-refractivity contribution >= 4 is 7.69 Å². The van der Waals surface area contributed by atoms with Crippen LogP contribution in [0.15, 0.2) is 23.7 Å². The van der Waals surface area contributed by atoms with Crippen molar-refractivity contribution in [2.75, 3.05) is 0 Å². The molecule has 0 radical (unpaired) electrons. The quantitative estimate of drug-likeness (QED) is 0.456. The van der Waals surface area contributed by atoms with Gasteiger partial charge in [0.05, 0.1) is 11.5 Å². The summed E-state index contributed by atoms with van der Waals surface area (Å²) in [7, 11) is 0.298. The van der Waals surface area contributed by atoms with Gasteiger partial charge in [-0.25, -0.2) is 0 Å². The molecule has 0 amide bonds. The number of hydrogen-bond acceptors (Lipinski definition) is 2. The Bertz CT molecular complexity index is 143. The largest absolute Gasteiger partial charge is 0.576 e. The highest BCUT2D eigenvalue weighted by Crippen LogP contribution is 1.97. The van der Waals surface area contributed by atoms with Crippen molar-refractivity contribution in [1.29, 1.82) is 0 Å². The Morgan fingerprint density at radius 3 is 1.64 bits per heavy atom. The Morgan fingerprint density at radius 2 is 1.36 bits per heavy atom. The van der Waals surface area contributed by atoms with E-state index < -0.39 is 0 Å². The highest BCUT2D eigenvalue weighted by Gasteiger charge is 1.94. The molecule has 0 aromatic rings. The first-order valence-corrected chi connectivity index (χ1v) is 3.72. The van der Waals surface area contributed by atoms with E-state index in [4.69, 9.17) is 9.31 Å². The first-order valence-electron chi connectivity index (χ1n) is 3.72. The van der Waals surface area contributed by atoms with Crippen LogP contribution in [-0.2, 0) is 9.31 Å². The van der Waals surface area contributed by atoms with Crippen molar-refractivity contribution in [3.8, 4) is 0 Å². The maximum Gasteiger partial charge on any atom is 0.576 e. The Labute approximate surface area is 69.2 Å². The van der Waals surface area contributed by atoms with Gasteiger partial charge in [-0.3, -0.25) is 0 Å². The Morgan fingerprint density at radius 1 is 1.00 bits per heavy atom. The van der Waals surface area contributed by atoms with Crippen LogP contribution in [0.1, 0.15) is 27.7 Å². The second-order valence-corrected chi connectivity index (χ2v) is 2.21. The fraction of sp³-hybridized carbons (Fsp3) is 0.500. The Balaban J connectivity index is 3.43. The maximum atomic E-state index is 5.16. The maximum absolute atomic E-state index is 5.16. The highest BCUT2D eigenvalue weighted by molar-refractivity contribution is 6.19. The zero-order valence-electron chi connectivity index (χ0n) is 7.68. The summed E-state index contributed by atoms with van der Waals surface area (Å²) in [5, 5.41) is 0. The smallest absolute Gasteiger partial charge is 0.533 e. The topological polar surface area (TPSA) is 18.5 Å². The van der Waals surface area contributed by atoms with Crippen molar-refractivity contribution < 1.29 is 9.31 Å². The first-order chi connectivity index (χ1) is 5.20. The van der Waals surface area contributed by atoms with E-state index in [2.05, 4.69) is 0 Å². The molecule has 62 valence electrons. The van der Waals surface area contributed by atoms with Gasteiger partial charge < -0.3 is 9.31 Å². The molecule has 0 spiro atoms. The highest BCUT2D eigenvalue weighted by atomic mass is 16.6. The molecule has 0 bridgehead atoms. The summed E-state index contributed by atoms with van der Waals surface area (Å²) in [6.07, 6.45) is 3.79. The van der Waals surface area contributed by atoms with Crippen LogP contribution in [0.25, 0.3) is 0 Å². The molecule has 0 aliphatic carbocycles. The average Bonchev–Trinajstić information content (AvgIpc) is 2.04. The van der Waals surface area contributed by atoms with Crippen molar-refractivity contribution in [2.24, 2.45) is 0 Å². The van der Waals surface area contributed by atoms with Gasteiger partial charge >= 0.3 is 7.69 Å². The number of hydrogen-bond donors (Lipinski definition) is 0. The number of rotatable bonds is 4. The Kier molecular flexibility index (Phi) is 5.44. The van der Waals surface area contributed by atoms with Gasteiger partial charge in [-0.15, -0.1) is 0 Å². The molecule has 0 rings (SSSR count). The van der Waals surface area contributed by atoms with Crippen LogP contribution in [0, 0.1) is 0 Å². The van der Waals surface area contributed by atoms with Gasteiger partial charge in [0.25, 0.3) is 0 Å². The van der Waals surface area contributed by atoms with Gasteiger partial charge in [0.2, 0.25) is 0 Å². The second kappa shape index (κ2) is 5.89. The van der Waals surface area contributed by atoms with Crippen molar-refractivity contribution in [3.63, 3.8) is 0 Å². The minimum absolute atomic E-state index is 0.298. The lowest BCUT2D eigenvalue weighted by Gasteiger charge is -2.06. The zero-order valence-corrected chi connectivity index (χ0v) is 7.68. The van der Waals surface area contributed by atoms with Crippen molar-refractivity contribution in [3.05, 3.63) is 23.7 Å². The summed E-state index contributed by atoms with van der Waals surface area (Å²) < 4.78 is 10.3. The van der Waals surface area contributed by atoms with Gasteiger partial charge in [0.1, 0.15) is 0 Å². The molecular weight excluding hydrogens is 139 g/mol. The molecule has 3 heteroatoms. The van der Waals surface area contributed by atoms with E-state index in [1.165, 1.54) is 0 Å². The molecular formula is C8H15BO2. The molecule has 0 heterocycles. The zero-order chi connectivity index (χ0) is 8.69. The van der Waals surface area contributed by atoms with Gasteiger partial charge in [-0.2, -0.15) is 0 Å². The van der Waals surface area contributed by atoms with Crippen LogP contribution < -0.4 is 0 Å². The van der Waals surface area contributed by atoms with E-state index in [1.54, 1.807) is 0 Å². The predicted octanol–water partition coefficient (Wildman–Crippen LogP) is 2.13. The summed E-state index contributed by atoms with van der Waals surface area (Å²) in [5.74, 6) is 1.77. The van der Waals surface area contributed by atoms with Crippen LogP contribution in [0.2, 0.25) is 0 Å². The monoisotopic (exact) mass is 154 g/mol. The number of allylic oxidation sites excluding steroid dienone is 4. The van der Waals surface area contributed by atoms with Gasteiger partial charge in [0.15, 0.2) is 0 Å². The minimum Gasteiger partial charge on any atom is -0.533 e. The van der Waals surface area contributed by atoms with E-state index in [-0.39, 0.29) is 0 Å². The Hall–Kier alpha value is -0.855. The van der Waals surface area contributed by atoms with Crippen LogP contribution in [0.4, 0.5) is 0 Å². The van der Waals surface area contributed by atoms with E-state index in [0.29, 0.717) is 7.69 Å². The lowest BCUT2D eigenvalue weighted by molar-refractivity contribution is 0.325. The average molecular weight is 154 g/mol. The molecule has 0 aliphatic rings. The van der Waals surface area contributed by atoms with Crippen molar-refractivity contribution in [2.45, 2.75) is 27.7 Å². The van der Waals surface area contributed by atoms with Gasteiger partial charge in [0, 0.05) is 0 Å². The minimum atomic E-state index is 0.298. The SMILES string of the molecule is C/C=C(/C)OBO/C(C)=C\C. The lowest BCUT2D eigenvalue weighted by Crippen LogP contribution is -2.01. The predicted molar refractivity (Wildman–Crippen MR) is 48.2 cm³/mol. The van der Waals surface area contributed by atoms with Gasteiger partial charge in [-0.05, 0) is 27.7 Å². The van der Waals surface area contributed by atoms with Crippen LogP contribution in [0.5, 0.6) is 0 Å². The van der Waals surface area contributed by atoms with E-state index >= 15 is 0 Å². The fourth-order valence-electron chi connectivity index (χ4n) is 0.382. The third-order valence-electron chi connectivity index (χ3n) is 1.39. The molecule has 0 unspecified atom stereocenters. The van der Waals surface area contributed by atoms with Crippen LogP contribution in [-0.4, -0.2) is 7.69 Å². The van der Waals surface area contributed by atoms with Gasteiger partial charge in [-0.1, -0.05) is 12.2 Å². The molecule has 0 atom stereocenters. The normalized spacial score (nSPS) is 12.7. The standard InChI is InChI=1S/C8H15BO2/c1-5-7(3)10-9-11-8(4)6-2/h5-6,9H,1-4H3/b7-5-,8-6-. The van der Waals surface area contributed by atoms with E-state index in [0.717, 1.165) is 11.5 Å². The molecule has 0 N–H and O–H groups in total. The summed E-state index contributed by atoms with van der Waals surface area (Å²) in [5.41, 5.74) is 0. The summed E-state index contributed by atoms with van der Waals surface area (Å²) >= 11 is 0. The molecule has 0 saturated carbocycles. The third-order valence-corrected chi connectivity index (χ3v) is 1.39. The molecule has 0 aromatic heterocycles. The molecule has 0 saturated heterocycles. The van der Waals surface area contributed by atoms with Crippen molar-refractivity contribution in [1.82, 2.24) is 0 Å². The molecule has 2 nitrogen and oxygen atoms in total. The molecule has 0 aliphatic heterocycles. The third kappa shape index (κ3) is 5.58. The molecule has 0 fully saturated rings. The van der Waals surface area contributed by atoms with Crippen LogP contribution in [0.3, 0.4) is 0 Å². The molecule has 11 heavy (non-hydrogen) atoms. The second-order valence-electron chi connectivity index (χ2n) is 2.21. The first kappa shape index (κ1) is 10.1. The fourth-order valence-corrected chi connectivity index (χ4v) is 0.382. The summed E-state index contributed by atoms with van der Waals surface area (Å²) in [4.78, 5) is 0. The van der Waals surface area contributed by atoms with Crippen LogP contribution >= 0.6 is 0 Å².